The van der Waals surface area contributed by atoms with E-state index in [1.165, 1.54) is 0 Å². The molecule has 0 saturated carbocycles. The third kappa shape index (κ3) is 1.91. The van der Waals surface area contributed by atoms with Crippen LogP contribution in [-0.4, -0.2) is 40.9 Å². The lowest BCUT2D eigenvalue weighted by molar-refractivity contribution is -0.134. The van der Waals surface area contributed by atoms with Gasteiger partial charge in [0.25, 0.3) is 0 Å². The Bertz CT molecular complexity index is 601. The molecule has 0 aliphatic carbocycles. The van der Waals surface area contributed by atoms with Crippen LogP contribution in [0.15, 0.2) is 24.3 Å². The first-order valence-corrected chi connectivity index (χ1v) is 7.39. The number of hydrogen-bond donors (Lipinski definition) is 1. The molecule has 1 aromatic carbocycles. The first kappa shape index (κ1) is 13.9. The summed E-state index contributed by atoms with van der Waals surface area (Å²) in [5.74, 6) is 0.184. The zero-order chi connectivity index (χ0) is 15.2. The molecule has 0 aromatic heterocycles. The number of rotatable bonds is 1. The van der Waals surface area contributed by atoms with Gasteiger partial charge in [0.15, 0.2) is 0 Å². The Hall–Kier alpha value is -2.04. The molecule has 5 nitrogen and oxygen atoms in total. The smallest absolute Gasteiger partial charge is 0.315 e. The number of nitrogens with two attached hydrogens (primary N) is 1. The monoisotopic (exact) mass is 287 g/mol. The number of piperazine rings is 1. The van der Waals surface area contributed by atoms with Crippen molar-refractivity contribution >= 4 is 11.9 Å². The highest BCUT2D eigenvalue weighted by atomic mass is 16.2. The van der Waals surface area contributed by atoms with E-state index in [-0.39, 0.29) is 11.9 Å². The summed E-state index contributed by atoms with van der Waals surface area (Å²) in [5.41, 5.74) is 7.27. The number of fused-ring (bicyclic) bond motifs is 1. The van der Waals surface area contributed by atoms with Crippen molar-refractivity contribution in [3.05, 3.63) is 35.4 Å². The maximum atomic E-state index is 12.1. The second kappa shape index (κ2) is 4.76. The zero-order valence-corrected chi connectivity index (χ0v) is 12.5. The van der Waals surface area contributed by atoms with Gasteiger partial charge in [-0.05, 0) is 31.4 Å². The number of nitrogens with zero attached hydrogens (tertiary/aromatic N) is 2. The van der Waals surface area contributed by atoms with Crippen LogP contribution in [0.1, 0.15) is 30.9 Å². The van der Waals surface area contributed by atoms with E-state index in [0.717, 1.165) is 17.5 Å². The highest BCUT2D eigenvalue weighted by molar-refractivity contribution is 5.81. The quantitative estimate of drug-likeness (QED) is 0.852. The number of primary amides is 1. The second-order valence-corrected chi connectivity index (χ2v) is 6.09. The van der Waals surface area contributed by atoms with Crippen LogP contribution in [-0.2, 0) is 10.3 Å². The number of aryl methyl sites for hydroxylation is 1. The fourth-order valence-corrected chi connectivity index (χ4v) is 4.02. The average molecular weight is 287 g/mol. The SMILES string of the molecule is Cc1ccccc1C1(C)C2CCC(=O)N2CCN1C(N)=O. The molecule has 2 N–H and O–H groups in total. The minimum absolute atomic E-state index is 0.00681. The van der Waals surface area contributed by atoms with Crippen LogP contribution in [0, 0.1) is 6.92 Å². The fourth-order valence-electron chi connectivity index (χ4n) is 4.02. The van der Waals surface area contributed by atoms with Crippen molar-refractivity contribution in [3.8, 4) is 0 Å². The Balaban J connectivity index is 2.14. The molecule has 112 valence electrons. The van der Waals surface area contributed by atoms with E-state index in [9.17, 15) is 9.59 Å². The van der Waals surface area contributed by atoms with Crippen molar-refractivity contribution in [1.82, 2.24) is 9.80 Å². The van der Waals surface area contributed by atoms with Gasteiger partial charge in [0, 0.05) is 19.5 Å². The Morgan fingerprint density at radius 3 is 2.71 bits per heavy atom. The van der Waals surface area contributed by atoms with Crippen molar-refractivity contribution in [2.45, 2.75) is 38.3 Å². The average Bonchev–Trinajstić information content (AvgIpc) is 2.82. The zero-order valence-electron chi connectivity index (χ0n) is 12.5. The summed E-state index contributed by atoms with van der Waals surface area (Å²) in [6, 6.07) is 7.62. The first-order valence-electron chi connectivity index (χ1n) is 7.39. The Morgan fingerprint density at radius 2 is 2.05 bits per heavy atom. The molecule has 0 bridgehead atoms. The summed E-state index contributed by atoms with van der Waals surface area (Å²) in [4.78, 5) is 27.7. The minimum atomic E-state index is -0.554. The van der Waals surface area contributed by atoms with E-state index >= 15 is 0 Å². The lowest BCUT2D eigenvalue weighted by atomic mass is 9.78. The minimum Gasteiger partial charge on any atom is -0.351 e. The summed E-state index contributed by atoms with van der Waals surface area (Å²) in [6.07, 6.45) is 1.33. The Labute approximate surface area is 124 Å². The van der Waals surface area contributed by atoms with Gasteiger partial charge < -0.3 is 15.5 Å². The molecule has 1 aromatic rings. The van der Waals surface area contributed by atoms with Gasteiger partial charge in [0.1, 0.15) is 0 Å². The van der Waals surface area contributed by atoms with E-state index in [2.05, 4.69) is 0 Å². The number of hydrogen-bond acceptors (Lipinski definition) is 2. The molecule has 2 heterocycles. The highest BCUT2D eigenvalue weighted by Crippen LogP contribution is 2.43. The largest absolute Gasteiger partial charge is 0.351 e. The molecule has 3 rings (SSSR count). The van der Waals surface area contributed by atoms with Gasteiger partial charge in [-0.25, -0.2) is 4.79 Å². The molecule has 2 unspecified atom stereocenters. The standard InChI is InChI=1S/C16H21N3O2/c1-11-5-3-4-6-12(11)16(2)13-7-8-14(20)18(13)9-10-19(16)15(17)21/h3-6,13H,7-10H2,1-2H3,(H2,17,21). The molecule has 2 aliphatic heterocycles. The van der Waals surface area contributed by atoms with E-state index in [1.54, 1.807) is 4.90 Å². The van der Waals surface area contributed by atoms with Crippen LogP contribution in [0.25, 0.3) is 0 Å². The second-order valence-electron chi connectivity index (χ2n) is 6.09. The topological polar surface area (TPSA) is 66.6 Å². The van der Waals surface area contributed by atoms with Crippen LogP contribution in [0.4, 0.5) is 4.79 Å². The maximum absolute atomic E-state index is 12.1. The lowest BCUT2D eigenvalue weighted by Gasteiger charge is -2.52. The van der Waals surface area contributed by atoms with Crippen LogP contribution in [0.3, 0.4) is 0 Å². The molecule has 0 radical (unpaired) electrons. The molecule has 5 heteroatoms. The number of carbonyl (C=O) groups excluding carboxylic acids is 2. The summed E-state index contributed by atoms with van der Waals surface area (Å²) < 4.78 is 0. The van der Waals surface area contributed by atoms with Gasteiger partial charge in [-0.3, -0.25) is 4.79 Å². The number of urea groups is 1. The molecule has 3 amide bonds. The van der Waals surface area contributed by atoms with Crippen molar-refractivity contribution in [3.63, 3.8) is 0 Å². The van der Waals surface area contributed by atoms with Crippen molar-refractivity contribution in [2.24, 2.45) is 5.73 Å². The van der Waals surface area contributed by atoms with Gasteiger partial charge in [0.2, 0.25) is 5.91 Å². The third-order valence-electron chi connectivity index (χ3n) is 5.06. The maximum Gasteiger partial charge on any atom is 0.315 e. The normalized spacial score (nSPS) is 28.7. The molecule has 2 atom stereocenters. The summed E-state index contributed by atoms with van der Waals surface area (Å²) >= 11 is 0. The van der Waals surface area contributed by atoms with E-state index in [0.29, 0.717) is 19.5 Å². The van der Waals surface area contributed by atoms with Gasteiger partial charge in [0.05, 0.1) is 11.6 Å². The first-order chi connectivity index (χ1) is 9.96. The summed E-state index contributed by atoms with van der Waals surface area (Å²) in [6.45, 7) is 5.14. The molecule has 2 fully saturated rings. The molecular formula is C16H21N3O2. The van der Waals surface area contributed by atoms with Crippen molar-refractivity contribution in [1.29, 1.82) is 0 Å². The van der Waals surface area contributed by atoms with Crippen LogP contribution in [0.5, 0.6) is 0 Å². The van der Waals surface area contributed by atoms with Gasteiger partial charge in [-0.2, -0.15) is 0 Å². The number of carbonyl (C=O) groups is 2. The highest BCUT2D eigenvalue weighted by Gasteiger charge is 2.53. The Kier molecular flexibility index (Phi) is 3.15. The van der Waals surface area contributed by atoms with Crippen LogP contribution < -0.4 is 5.73 Å². The number of benzene rings is 1. The predicted molar refractivity (Wildman–Crippen MR) is 79.6 cm³/mol. The number of amides is 3. The van der Waals surface area contributed by atoms with Crippen LogP contribution in [0.2, 0.25) is 0 Å². The molecule has 2 saturated heterocycles. The fraction of sp³-hybridized carbons (Fsp3) is 0.500. The van der Waals surface area contributed by atoms with E-state index in [1.807, 2.05) is 43.0 Å². The predicted octanol–water partition coefficient (Wildman–Crippen LogP) is 1.60. The summed E-state index contributed by atoms with van der Waals surface area (Å²) in [5, 5.41) is 0. The van der Waals surface area contributed by atoms with Crippen molar-refractivity contribution in [2.75, 3.05) is 13.1 Å². The summed E-state index contributed by atoms with van der Waals surface area (Å²) in [7, 11) is 0. The van der Waals surface area contributed by atoms with E-state index in [4.69, 9.17) is 5.73 Å². The molecular weight excluding hydrogens is 266 g/mol. The molecule has 0 spiro atoms. The Morgan fingerprint density at radius 1 is 1.33 bits per heavy atom. The third-order valence-corrected chi connectivity index (χ3v) is 5.06. The van der Waals surface area contributed by atoms with Gasteiger partial charge in [-0.15, -0.1) is 0 Å². The van der Waals surface area contributed by atoms with Crippen LogP contribution >= 0.6 is 0 Å². The van der Waals surface area contributed by atoms with E-state index < -0.39 is 11.6 Å². The molecule has 21 heavy (non-hydrogen) atoms. The molecule has 2 aliphatic rings. The van der Waals surface area contributed by atoms with Gasteiger partial charge in [-0.1, -0.05) is 24.3 Å². The van der Waals surface area contributed by atoms with Crippen molar-refractivity contribution < 1.29 is 9.59 Å². The van der Waals surface area contributed by atoms with Gasteiger partial charge >= 0.3 is 6.03 Å². The lowest BCUT2D eigenvalue weighted by Crippen LogP contribution is -2.66.